The largest absolute Gasteiger partial charge is 0.479 e. The normalized spacial score (nSPS) is 29.6. The van der Waals surface area contributed by atoms with E-state index in [1.807, 2.05) is 0 Å². The Morgan fingerprint density at radius 1 is 1.32 bits per heavy atom. The Labute approximate surface area is 163 Å². The van der Waals surface area contributed by atoms with Crippen molar-refractivity contribution in [3.63, 3.8) is 0 Å². The number of rotatable bonds is 10. The van der Waals surface area contributed by atoms with Gasteiger partial charge in [0.25, 0.3) is 0 Å². The van der Waals surface area contributed by atoms with Gasteiger partial charge in [0.05, 0.1) is 18.2 Å². The molecule has 0 spiro atoms. The number of nitrogens with one attached hydrogen (secondary N) is 2. The number of aliphatic hydroxyl groups excluding tert-OH is 3. The molecule has 6 N–H and O–H groups in total. The van der Waals surface area contributed by atoms with E-state index in [0.717, 1.165) is 0 Å². The van der Waals surface area contributed by atoms with Gasteiger partial charge in [0.15, 0.2) is 5.60 Å². The van der Waals surface area contributed by atoms with Gasteiger partial charge >= 0.3 is 5.97 Å². The van der Waals surface area contributed by atoms with E-state index in [0.29, 0.717) is 13.0 Å². The standard InChI is InChI=1S/C17H30N2O9/c1-9(20)19-13-10(21)7-17(2,16(25)26)28-15(13)14(24)11(22)8-18-12(23)5-4-6-27-3/h10-11,13-15,21-22,24H,4-8H2,1-3H3,(H,18,23)(H,19,20)(H,25,26)/t10-,11-,13-,14-,15?,17+/m1/s1. The number of hydrogen-bond donors (Lipinski definition) is 6. The summed E-state index contributed by atoms with van der Waals surface area (Å²) in [5, 5.41) is 45.2. The fraction of sp³-hybridized carbons (Fsp3) is 0.824. The number of aliphatic hydroxyl groups is 3. The molecule has 1 saturated heterocycles. The topological polar surface area (TPSA) is 175 Å². The van der Waals surface area contributed by atoms with Gasteiger partial charge in [-0.15, -0.1) is 0 Å². The number of carbonyl (C=O) groups is 3. The van der Waals surface area contributed by atoms with E-state index in [2.05, 4.69) is 10.6 Å². The van der Waals surface area contributed by atoms with Crippen LogP contribution in [0.4, 0.5) is 0 Å². The van der Waals surface area contributed by atoms with Crippen molar-refractivity contribution in [2.45, 2.75) is 69.2 Å². The second-order valence-electron chi connectivity index (χ2n) is 7.07. The Morgan fingerprint density at radius 3 is 2.50 bits per heavy atom. The number of methoxy groups -OCH3 is 1. The molecule has 1 rings (SSSR count). The molecule has 0 aromatic heterocycles. The van der Waals surface area contributed by atoms with E-state index < -0.39 is 47.9 Å². The molecule has 0 radical (unpaired) electrons. The summed E-state index contributed by atoms with van der Waals surface area (Å²) in [6.07, 6.45) is -5.59. The van der Waals surface area contributed by atoms with Crippen molar-refractivity contribution in [2.75, 3.05) is 20.3 Å². The highest BCUT2D eigenvalue weighted by Gasteiger charge is 2.52. The maximum Gasteiger partial charge on any atom is 0.335 e. The summed E-state index contributed by atoms with van der Waals surface area (Å²) in [6, 6.07) is -1.13. The van der Waals surface area contributed by atoms with Gasteiger partial charge in [0.1, 0.15) is 12.2 Å². The van der Waals surface area contributed by atoms with Crippen molar-refractivity contribution >= 4 is 17.8 Å². The van der Waals surface area contributed by atoms with Crippen LogP contribution in [-0.4, -0.2) is 94.5 Å². The molecule has 1 fully saturated rings. The van der Waals surface area contributed by atoms with Crippen molar-refractivity contribution < 1.29 is 44.3 Å². The third-order valence-corrected chi connectivity index (χ3v) is 4.58. The first kappa shape index (κ1) is 24.2. The van der Waals surface area contributed by atoms with Crippen molar-refractivity contribution in [3.8, 4) is 0 Å². The highest BCUT2D eigenvalue weighted by Crippen LogP contribution is 2.32. The molecule has 0 aromatic carbocycles. The van der Waals surface area contributed by atoms with Crippen molar-refractivity contribution in [1.82, 2.24) is 10.6 Å². The second-order valence-corrected chi connectivity index (χ2v) is 7.07. The van der Waals surface area contributed by atoms with Crippen LogP contribution < -0.4 is 10.6 Å². The molecule has 1 aliphatic heterocycles. The Bertz CT molecular complexity index is 559. The highest BCUT2D eigenvalue weighted by molar-refractivity contribution is 5.77. The summed E-state index contributed by atoms with van der Waals surface area (Å²) in [4.78, 5) is 34.6. The fourth-order valence-corrected chi connectivity index (χ4v) is 3.02. The van der Waals surface area contributed by atoms with Gasteiger partial charge in [-0.2, -0.15) is 0 Å². The van der Waals surface area contributed by atoms with Crippen LogP contribution in [-0.2, 0) is 23.9 Å². The van der Waals surface area contributed by atoms with Crippen molar-refractivity contribution in [3.05, 3.63) is 0 Å². The first-order chi connectivity index (χ1) is 13.0. The SMILES string of the molecule is COCCCC(=O)NC[C@@H](O)[C@@H](O)C1O[C@](C)(C(=O)O)C[C@@H](O)[C@H]1NC(C)=O. The van der Waals surface area contributed by atoms with E-state index in [9.17, 15) is 34.8 Å². The lowest BCUT2D eigenvalue weighted by atomic mass is 9.84. The van der Waals surface area contributed by atoms with Crippen LogP contribution in [0.1, 0.15) is 33.1 Å². The van der Waals surface area contributed by atoms with E-state index in [1.54, 1.807) is 0 Å². The van der Waals surface area contributed by atoms with Crippen LogP contribution in [0.3, 0.4) is 0 Å². The number of amides is 2. The number of aliphatic carboxylic acids is 1. The average molecular weight is 406 g/mol. The third kappa shape index (κ3) is 6.67. The average Bonchev–Trinajstić information content (AvgIpc) is 2.61. The molecule has 2 amide bonds. The first-order valence-electron chi connectivity index (χ1n) is 9.00. The summed E-state index contributed by atoms with van der Waals surface area (Å²) in [5.41, 5.74) is -1.82. The van der Waals surface area contributed by atoms with E-state index in [4.69, 9.17) is 9.47 Å². The van der Waals surface area contributed by atoms with E-state index in [-0.39, 0.29) is 25.3 Å². The molecule has 0 saturated carbocycles. The zero-order chi connectivity index (χ0) is 21.5. The minimum absolute atomic E-state index is 0.168. The van der Waals surface area contributed by atoms with Crippen LogP contribution in [0, 0.1) is 0 Å². The molecule has 1 heterocycles. The number of carboxylic acid groups (broad SMARTS) is 1. The fourth-order valence-electron chi connectivity index (χ4n) is 3.02. The van der Waals surface area contributed by atoms with Crippen LogP contribution in [0.15, 0.2) is 0 Å². The highest BCUT2D eigenvalue weighted by atomic mass is 16.6. The van der Waals surface area contributed by atoms with Crippen LogP contribution in [0.2, 0.25) is 0 Å². The van der Waals surface area contributed by atoms with Gasteiger partial charge < -0.3 is 40.5 Å². The molecular weight excluding hydrogens is 376 g/mol. The maximum absolute atomic E-state index is 11.7. The molecule has 0 bridgehead atoms. The summed E-state index contributed by atoms with van der Waals surface area (Å²) in [7, 11) is 1.51. The predicted molar refractivity (Wildman–Crippen MR) is 95.3 cm³/mol. The lowest BCUT2D eigenvalue weighted by Crippen LogP contribution is -2.66. The molecule has 28 heavy (non-hydrogen) atoms. The van der Waals surface area contributed by atoms with Gasteiger partial charge in [-0.25, -0.2) is 4.79 Å². The molecule has 1 unspecified atom stereocenters. The Balaban J connectivity index is 2.82. The zero-order valence-corrected chi connectivity index (χ0v) is 16.3. The number of ether oxygens (including phenoxy) is 2. The van der Waals surface area contributed by atoms with Crippen molar-refractivity contribution in [1.29, 1.82) is 0 Å². The Hall–Kier alpha value is -1.79. The van der Waals surface area contributed by atoms with E-state index >= 15 is 0 Å². The van der Waals surface area contributed by atoms with Crippen LogP contribution in [0.25, 0.3) is 0 Å². The maximum atomic E-state index is 11.7. The lowest BCUT2D eigenvalue weighted by molar-refractivity contribution is -0.222. The second kappa shape index (κ2) is 10.7. The third-order valence-electron chi connectivity index (χ3n) is 4.58. The molecule has 11 nitrogen and oxygen atoms in total. The molecule has 0 aliphatic carbocycles. The summed E-state index contributed by atoms with van der Waals surface area (Å²) >= 11 is 0. The molecule has 0 aromatic rings. The van der Waals surface area contributed by atoms with Gasteiger partial charge in [-0.3, -0.25) is 9.59 Å². The summed E-state index contributed by atoms with van der Waals surface area (Å²) < 4.78 is 10.3. The predicted octanol–water partition coefficient (Wildman–Crippen LogP) is -2.25. The van der Waals surface area contributed by atoms with Gasteiger partial charge in [-0.1, -0.05) is 0 Å². The van der Waals surface area contributed by atoms with Crippen LogP contribution >= 0.6 is 0 Å². The number of carbonyl (C=O) groups excluding carboxylic acids is 2. The molecule has 162 valence electrons. The monoisotopic (exact) mass is 406 g/mol. The van der Waals surface area contributed by atoms with Crippen molar-refractivity contribution in [2.24, 2.45) is 0 Å². The number of carboxylic acids is 1. The minimum atomic E-state index is -1.82. The smallest absolute Gasteiger partial charge is 0.335 e. The quantitative estimate of drug-likeness (QED) is 0.219. The zero-order valence-electron chi connectivity index (χ0n) is 16.3. The van der Waals surface area contributed by atoms with Gasteiger partial charge in [0, 0.05) is 40.0 Å². The summed E-state index contributed by atoms with van der Waals surface area (Å²) in [6.45, 7) is 2.50. The van der Waals surface area contributed by atoms with Gasteiger partial charge in [0.2, 0.25) is 11.8 Å². The molecular formula is C17H30N2O9. The summed E-state index contributed by atoms with van der Waals surface area (Å²) in [5.74, 6) is -2.24. The number of hydrogen-bond acceptors (Lipinski definition) is 8. The van der Waals surface area contributed by atoms with E-state index in [1.165, 1.54) is 21.0 Å². The Morgan fingerprint density at radius 2 is 1.96 bits per heavy atom. The first-order valence-corrected chi connectivity index (χ1v) is 9.00. The Kier molecular flexibility index (Phi) is 9.24. The van der Waals surface area contributed by atoms with Crippen LogP contribution in [0.5, 0.6) is 0 Å². The lowest BCUT2D eigenvalue weighted by Gasteiger charge is -2.45. The van der Waals surface area contributed by atoms with Gasteiger partial charge in [-0.05, 0) is 13.3 Å². The molecule has 11 heteroatoms. The minimum Gasteiger partial charge on any atom is -0.479 e. The molecule has 1 aliphatic rings. The molecule has 6 atom stereocenters.